The van der Waals surface area contributed by atoms with Gasteiger partial charge in [-0.2, -0.15) is 13.2 Å². The lowest BCUT2D eigenvalue weighted by Crippen LogP contribution is -2.21. The Hall–Kier alpha value is -2.39. The number of alkyl halides is 3. The van der Waals surface area contributed by atoms with Gasteiger partial charge in [0.25, 0.3) is 0 Å². The van der Waals surface area contributed by atoms with E-state index in [1.54, 1.807) is 0 Å². The van der Waals surface area contributed by atoms with Gasteiger partial charge in [0.05, 0.1) is 19.2 Å². The zero-order chi connectivity index (χ0) is 15.9. The molecule has 1 heterocycles. The van der Waals surface area contributed by atoms with Gasteiger partial charge < -0.3 is 14.9 Å². The largest absolute Gasteiger partial charge is 0.494 e. The monoisotopic (exact) mass is 299 g/mol. The van der Waals surface area contributed by atoms with Gasteiger partial charge in [0.1, 0.15) is 0 Å². The normalized spacial score (nSPS) is 10.2. The summed E-state index contributed by atoms with van der Waals surface area (Å²) in [7, 11) is 1.31. The Morgan fingerprint density at radius 3 is 2.20 bits per heavy atom. The van der Waals surface area contributed by atoms with Crippen molar-refractivity contribution < 1.29 is 42.1 Å². The molecule has 0 amide bonds. The van der Waals surface area contributed by atoms with E-state index >= 15 is 0 Å². The van der Waals surface area contributed by atoms with Crippen LogP contribution in [0.3, 0.4) is 0 Å². The molecule has 0 bridgehead atoms. The molecule has 0 unspecified atom stereocenters. The molecule has 112 valence electrons. The number of pyridine rings is 1. The molecule has 10 heteroatoms. The third kappa shape index (κ3) is 5.98. The van der Waals surface area contributed by atoms with Gasteiger partial charge in [-0.05, 0) is 0 Å². The average molecular weight is 299 g/mol. The number of rotatable bonds is 3. The molecule has 0 saturated heterocycles. The number of aromatic nitrogens is 1. The van der Waals surface area contributed by atoms with Crippen LogP contribution in [0.1, 0.15) is 5.69 Å². The minimum absolute atomic E-state index is 0.00579. The molecule has 0 aliphatic carbocycles. The third-order valence-electron chi connectivity index (χ3n) is 1.71. The Morgan fingerprint density at radius 1 is 1.35 bits per heavy atom. The van der Waals surface area contributed by atoms with Gasteiger partial charge in [0.2, 0.25) is 0 Å². The van der Waals surface area contributed by atoms with Gasteiger partial charge in [-0.3, -0.25) is 9.78 Å². The van der Waals surface area contributed by atoms with E-state index in [-0.39, 0.29) is 11.4 Å². The van der Waals surface area contributed by atoms with Crippen LogP contribution in [0.2, 0.25) is 0 Å². The lowest BCUT2D eigenvalue weighted by molar-refractivity contribution is -0.192. The van der Waals surface area contributed by atoms with E-state index in [0.717, 1.165) is 0 Å². The first-order valence-electron chi connectivity index (χ1n) is 4.78. The topological polar surface area (TPSA) is 96.7 Å². The Balaban J connectivity index is 0.000000441. The van der Waals surface area contributed by atoms with E-state index < -0.39 is 30.4 Å². The molecule has 1 aromatic rings. The molecule has 6 nitrogen and oxygen atoms in total. The Kier molecular flexibility index (Phi) is 6.39. The van der Waals surface area contributed by atoms with Crippen molar-refractivity contribution in [3.63, 3.8) is 0 Å². The van der Waals surface area contributed by atoms with E-state index in [2.05, 4.69) is 9.72 Å². The lowest BCUT2D eigenvalue weighted by Gasteiger charge is -2.03. The van der Waals surface area contributed by atoms with Gasteiger partial charge in [-0.1, -0.05) is 0 Å². The summed E-state index contributed by atoms with van der Waals surface area (Å²) >= 11 is 0. The number of hydrogen-bond donors (Lipinski definition) is 2. The molecule has 0 saturated carbocycles. The summed E-state index contributed by atoms with van der Waals surface area (Å²) in [6, 6.07) is 1.33. The molecule has 0 spiro atoms. The maximum Gasteiger partial charge on any atom is 0.490 e. The van der Waals surface area contributed by atoms with Crippen molar-refractivity contribution in [2.45, 2.75) is 12.6 Å². The highest BCUT2D eigenvalue weighted by Crippen LogP contribution is 2.17. The van der Waals surface area contributed by atoms with E-state index in [1.807, 2.05) is 0 Å². The SMILES string of the molecule is COc1ccnc(CC(=O)O)c1F.O=C(O)C(F)(F)F. The molecule has 1 rings (SSSR count). The van der Waals surface area contributed by atoms with E-state index in [1.165, 1.54) is 19.4 Å². The van der Waals surface area contributed by atoms with Crippen molar-refractivity contribution in [1.29, 1.82) is 0 Å². The van der Waals surface area contributed by atoms with Crippen LogP contribution in [0, 0.1) is 5.82 Å². The second-order valence-corrected chi connectivity index (χ2v) is 3.15. The van der Waals surface area contributed by atoms with Crippen LogP contribution < -0.4 is 4.74 Å². The fraction of sp³-hybridized carbons (Fsp3) is 0.300. The average Bonchev–Trinajstić information content (AvgIpc) is 2.31. The molecule has 0 radical (unpaired) electrons. The molecular formula is C10H9F4NO5. The quantitative estimate of drug-likeness (QED) is 0.821. The van der Waals surface area contributed by atoms with Crippen LogP contribution in [-0.4, -0.2) is 40.4 Å². The molecule has 0 aromatic carbocycles. The summed E-state index contributed by atoms with van der Waals surface area (Å²) in [5, 5.41) is 15.5. The van der Waals surface area contributed by atoms with Crippen molar-refractivity contribution in [2.24, 2.45) is 0 Å². The maximum atomic E-state index is 13.2. The molecule has 0 fully saturated rings. The lowest BCUT2D eigenvalue weighted by atomic mass is 10.2. The summed E-state index contributed by atoms with van der Waals surface area (Å²) in [6.07, 6.45) is -4.22. The summed E-state index contributed by atoms with van der Waals surface area (Å²) in [5.74, 6) is -4.59. The van der Waals surface area contributed by atoms with Gasteiger partial charge in [0, 0.05) is 12.3 Å². The maximum absolute atomic E-state index is 13.2. The summed E-state index contributed by atoms with van der Waals surface area (Å²) in [5.41, 5.74) is -0.119. The highest BCUT2D eigenvalue weighted by atomic mass is 19.4. The molecule has 1 aromatic heterocycles. The van der Waals surface area contributed by atoms with Crippen LogP contribution in [0.25, 0.3) is 0 Å². The third-order valence-corrected chi connectivity index (χ3v) is 1.71. The second kappa shape index (κ2) is 7.26. The number of carboxylic acid groups (broad SMARTS) is 2. The molecular weight excluding hydrogens is 290 g/mol. The van der Waals surface area contributed by atoms with Crippen LogP contribution in [0.5, 0.6) is 5.75 Å². The number of aliphatic carboxylic acids is 2. The van der Waals surface area contributed by atoms with E-state index in [4.69, 9.17) is 15.0 Å². The second-order valence-electron chi connectivity index (χ2n) is 3.15. The molecule has 20 heavy (non-hydrogen) atoms. The van der Waals surface area contributed by atoms with Crippen LogP contribution in [0.15, 0.2) is 12.3 Å². The first-order chi connectivity index (χ1) is 9.09. The molecule has 0 aliphatic heterocycles. The molecule has 0 aliphatic rings. The van der Waals surface area contributed by atoms with E-state index in [0.29, 0.717) is 0 Å². The van der Waals surface area contributed by atoms with Gasteiger partial charge in [-0.25, -0.2) is 9.18 Å². The Bertz CT molecular complexity index is 489. The van der Waals surface area contributed by atoms with Gasteiger partial charge in [0.15, 0.2) is 11.6 Å². The zero-order valence-electron chi connectivity index (χ0n) is 9.94. The van der Waals surface area contributed by atoms with Crippen molar-refractivity contribution >= 4 is 11.9 Å². The van der Waals surface area contributed by atoms with Crippen molar-refractivity contribution in [3.05, 3.63) is 23.8 Å². The fourth-order valence-corrected chi connectivity index (χ4v) is 0.891. The van der Waals surface area contributed by atoms with E-state index in [9.17, 15) is 22.4 Å². The zero-order valence-corrected chi connectivity index (χ0v) is 9.94. The summed E-state index contributed by atoms with van der Waals surface area (Å²) in [6.45, 7) is 0. The van der Waals surface area contributed by atoms with Crippen LogP contribution in [0.4, 0.5) is 17.6 Å². The standard InChI is InChI=1S/C8H8FNO3.C2HF3O2/c1-13-6-2-3-10-5(8(6)9)4-7(11)12;3-2(4,5)1(6)7/h2-3H,4H2,1H3,(H,11,12);(H,6,7). The number of methoxy groups -OCH3 is 1. The highest BCUT2D eigenvalue weighted by molar-refractivity contribution is 5.73. The fourth-order valence-electron chi connectivity index (χ4n) is 0.891. The first kappa shape index (κ1) is 17.6. The van der Waals surface area contributed by atoms with Crippen molar-refractivity contribution in [3.8, 4) is 5.75 Å². The Morgan fingerprint density at radius 2 is 1.85 bits per heavy atom. The number of ether oxygens (including phenoxy) is 1. The summed E-state index contributed by atoms with van der Waals surface area (Å²) < 4.78 is 49.6. The predicted octanol–water partition coefficient (Wildman–Crippen LogP) is 1.49. The number of nitrogens with zero attached hydrogens (tertiary/aromatic N) is 1. The first-order valence-corrected chi connectivity index (χ1v) is 4.78. The van der Waals surface area contributed by atoms with Crippen LogP contribution >= 0.6 is 0 Å². The van der Waals surface area contributed by atoms with Crippen molar-refractivity contribution in [1.82, 2.24) is 4.98 Å². The van der Waals surface area contributed by atoms with Gasteiger partial charge in [-0.15, -0.1) is 0 Å². The number of halogens is 4. The minimum Gasteiger partial charge on any atom is -0.494 e. The predicted molar refractivity (Wildman–Crippen MR) is 55.8 cm³/mol. The summed E-state index contributed by atoms with van der Waals surface area (Å²) in [4.78, 5) is 22.8. The number of hydrogen-bond acceptors (Lipinski definition) is 4. The highest BCUT2D eigenvalue weighted by Gasteiger charge is 2.38. The molecule has 2 N–H and O–H groups in total. The Labute approximate surface area is 109 Å². The van der Waals surface area contributed by atoms with Crippen LogP contribution in [-0.2, 0) is 16.0 Å². The molecule has 0 atom stereocenters. The van der Waals surface area contributed by atoms with Gasteiger partial charge >= 0.3 is 18.1 Å². The number of carbonyl (C=O) groups is 2. The minimum atomic E-state index is -5.08. The number of carboxylic acids is 2. The van der Waals surface area contributed by atoms with Crippen molar-refractivity contribution in [2.75, 3.05) is 7.11 Å². The smallest absolute Gasteiger partial charge is 0.490 e.